The van der Waals surface area contributed by atoms with Crippen molar-refractivity contribution >= 4 is 17.7 Å². The Hall–Kier alpha value is -2.17. The summed E-state index contributed by atoms with van der Waals surface area (Å²) < 4.78 is 0. The molecule has 3 amide bonds. The highest BCUT2D eigenvalue weighted by molar-refractivity contribution is 6.10. The molecule has 3 rings (SSSR count). The SMILES string of the molecule is CCN(CC)C(=O)C[C@@]1(c2ccccc2)CC(=O)N(CC2CCCCC2)C1=O. The van der Waals surface area contributed by atoms with Crippen molar-refractivity contribution in [2.45, 2.75) is 64.2 Å². The number of amides is 3. The molecule has 5 heteroatoms. The fourth-order valence-electron chi connectivity index (χ4n) is 4.78. The normalized spacial score (nSPS) is 23.3. The Morgan fingerprint density at radius 3 is 2.32 bits per heavy atom. The van der Waals surface area contributed by atoms with Gasteiger partial charge >= 0.3 is 0 Å². The predicted molar refractivity (Wildman–Crippen MR) is 109 cm³/mol. The van der Waals surface area contributed by atoms with Crippen molar-refractivity contribution in [1.82, 2.24) is 9.80 Å². The molecule has 1 aliphatic carbocycles. The van der Waals surface area contributed by atoms with Crippen molar-refractivity contribution in [1.29, 1.82) is 0 Å². The van der Waals surface area contributed by atoms with Crippen LogP contribution < -0.4 is 0 Å². The van der Waals surface area contributed by atoms with Crippen molar-refractivity contribution in [2.24, 2.45) is 5.92 Å². The van der Waals surface area contributed by atoms with Crippen LogP contribution in [0.1, 0.15) is 64.4 Å². The van der Waals surface area contributed by atoms with Gasteiger partial charge in [0, 0.05) is 32.5 Å². The van der Waals surface area contributed by atoms with E-state index in [0.29, 0.717) is 25.6 Å². The average Bonchev–Trinajstić information content (AvgIpc) is 2.95. The quantitative estimate of drug-likeness (QED) is 0.676. The monoisotopic (exact) mass is 384 g/mol. The van der Waals surface area contributed by atoms with E-state index in [-0.39, 0.29) is 30.6 Å². The van der Waals surface area contributed by atoms with Crippen LogP contribution in [-0.2, 0) is 19.8 Å². The second-order valence-corrected chi connectivity index (χ2v) is 8.18. The highest BCUT2D eigenvalue weighted by Gasteiger charge is 2.54. The summed E-state index contributed by atoms with van der Waals surface area (Å²) in [6.45, 7) is 5.59. The molecule has 1 saturated carbocycles. The summed E-state index contributed by atoms with van der Waals surface area (Å²) in [6.07, 6.45) is 5.89. The molecule has 28 heavy (non-hydrogen) atoms. The zero-order chi connectivity index (χ0) is 20.1. The molecular weight excluding hydrogens is 352 g/mol. The van der Waals surface area contributed by atoms with Crippen LogP contribution in [0, 0.1) is 5.92 Å². The number of hydrogen-bond donors (Lipinski definition) is 0. The third-order valence-corrected chi connectivity index (χ3v) is 6.47. The van der Waals surface area contributed by atoms with Gasteiger partial charge in [-0.15, -0.1) is 0 Å². The van der Waals surface area contributed by atoms with Gasteiger partial charge in [0.2, 0.25) is 17.7 Å². The van der Waals surface area contributed by atoms with E-state index in [0.717, 1.165) is 18.4 Å². The van der Waals surface area contributed by atoms with Gasteiger partial charge in [0.25, 0.3) is 0 Å². The summed E-state index contributed by atoms with van der Waals surface area (Å²) in [5.74, 6) is 0.0165. The number of imide groups is 1. The summed E-state index contributed by atoms with van der Waals surface area (Å²) >= 11 is 0. The van der Waals surface area contributed by atoms with E-state index < -0.39 is 5.41 Å². The molecule has 0 aromatic heterocycles. The molecule has 0 spiro atoms. The van der Waals surface area contributed by atoms with Crippen LogP contribution in [0.15, 0.2) is 30.3 Å². The summed E-state index contributed by atoms with van der Waals surface area (Å²) in [4.78, 5) is 42.6. The van der Waals surface area contributed by atoms with Crippen molar-refractivity contribution in [3.63, 3.8) is 0 Å². The van der Waals surface area contributed by atoms with E-state index in [1.54, 1.807) is 4.90 Å². The minimum atomic E-state index is -1.06. The number of carbonyl (C=O) groups is 3. The Balaban J connectivity index is 1.89. The van der Waals surface area contributed by atoms with Gasteiger partial charge in [-0.05, 0) is 38.2 Å². The van der Waals surface area contributed by atoms with Gasteiger partial charge in [-0.25, -0.2) is 0 Å². The first kappa shape index (κ1) is 20.6. The lowest BCUT2D eigenvalue weighted by Crippen LogP contribution is -2.44. The van der Waals surface area contributed by atoms with Gasteiger partial charge in [0.1, 0.15) is 0 Å². The molecule has 1 aromatic carbocycles. The summed E-state index contributed by atoms with van der Waals surface area (Å²) in [7, 11) is 0. The first-order valence-electron chi connectivity index (χ1n) is 10.7. The van der Waals surface area contributed by atoms with Crippen LogP contribution >= 0.6 is 0 Å². The molecular formula is C23H32N2O3. The van der Waals surface area contributed by atoms with Crippen LogP contribution in [0.4, 0.5) is 0 Å². The third-order valence-electron chi connectivity index (χ3n) is 6.47. The standard InChI is InChI=1S/C23H32N2O3/c1-3-24(4-2)20(26)15-23(19-13-9-6-10-14-19)16-21(27)25(22(23)28)17-18-11-7-5-8-12-18/h6,9-10,13-14,18H,3-5,7-8,11-12,15-17H2,1-2H3/t23-/m0/s1. The maximum Gasteiger partial charge on any atom is 0.240 e. The van der Waals surface area contributed by atoms with E-state index >= 15 is 0 Å². The van der Waals surface area contributed by atoms with Crippen LogP contribution in [0.2, 0.25) is 0 Å². The third kappa shape index (κ3) is 3.98. The largest absolute Gasteiger partial charge is 0.343 e. The molecule has 0 unspecified atom stereocenters. The van der Waals surface area contributed by atoms with E-state index in [1.165, 1.54) is 24.2 Å². The van der Waals surface area contributed by atoms with Gasteiger partial charge in [-0.3, -0.25) is 19.3 Å². The molecule has 5 nitrogen and oxygen atoms in total. The zero-order valence-electron chi connectivity index (χ0n) is 17.2. The lowest BCUT2D eigenvalue weighted by Gasteiger charge is -2.31. The van der Waals surface area contributed by atoms with Crippen molar-refractivity contribution in [2.75, 3.05) is 19.6 Å². The number of carbonyl (C=O) groups excluding carboxylic acids is 3. The molecule has 2 aliphatic rings. The molecule has 0 bridgehead atoms. The van der Waals surface area contributed by atoms with E-state index in [2.05, 4.69) is 0 Å². The lowest BCUT2D eigenvalue weighted by atomic mass is 9.75. The Morgan fingerprint density at radius 2 is 1.71 bits per heavy atom. The molecule has 1 aromatic rings. The van der Waals surface area contributed by atoms with E-state index in [4.69, 9.17) is 0 Å². The minimum Gasteiger partial charge on any atom is -0.343 e. The Kier molecular flexibility index (Phi) is 6.53. The van der Waals surface area contributed by atoms with Gasteiger partial charge in [-0.1, -0.05) is 49.6 Å². The van der Waals surface area contributed by atoms with Crippen LogP contribution in [0.5, 0.6) is 0 Å². The number of rotatable bonds is 7. The summed E-state index contributed by atoms with van der Waals surface area (Å²) in [6, 6.07) is 9.40. The second-order valence-electron chi connectivity index (χ2n) is 8.18. The smallest absolute Gasteiger partial charge is 0.240 e. The highest BCUT2D eigenvalue weighted by Crippen LogP contribution is 2.41. The van der Waals surface area contributed by atoms with Gasteiger partial charge in [-0.2, -0.15) is 0 Å². The van der Waals surface area contributed by atoms with Crippen molar-refractivity contribution < 1.29 is 14.4 Å². The fraction of sp³-hybridized carbons (Fsp3) is 0.609. The molecule has 1 saturated heterocycles. The summed E-state index contributed by atoms with van der Waals surface area (Å²) in [5.41, 5.74) is -0.285. The zero-order valence-corrected chi connectivity index (χ0v) is 17.2. The summed E-state index contributed by atoms with van der Waals surface area (Å²) in [5, 5.41) is 0. The molecule has 2 fully saturated rings. The molecule has 1 aliphatic heterocycles. The first-order valence-corrected chi connectivity index (χ1v) is 10.7. The predicted octanol–water partition coefficient (Wildman–Crippen LogP) is 3.52. The molecule has 0 radical (unpaired) electrons. The van der Waals surface area contributed by atoms with Gasteiger partial charge < -0.3 is 4.90 Å². The van der Waals surface area contributed by atoms with Crippen molar-refractivity contribution in [3.8, 4) is 0 Å². The first-order chi connectivity index (χ1) is 13.5. The number of likely N-dealkylation sites (tertiary alicyclic amines) is 1. The van der Waals surface area contributed by atoms with E-state index in [9.17, 15) is 14.4 Å². The Morgan fingerprint density at radius 1 is 1.07 bits per heavy atom. The van der Waals surface area contributed by atoms with Crippen molar-refractivity contribution in [3.05, 3.63) is 35.9 Å². The topological polar surface area (TPSA) is 57.7 Å². The number of nitrogens with zero attached hydrogens (tertiary/aromatic N) is 2. The van der Waals surface area contributed by atoms with E-state index in [1.807, 2.05) is 44.2 Å². The molecule has 152 valence electrons. The van der Waals surface area contributed by atoms with Crippen LogP contribution in [0.25, 0.3) is 0 Å². The second kappa shape index (κ2) is 8.89. The van der Waals surface area contributed by atoms with Gasteiger partial charge in [0.15, 0.2) is 0 Å². The van der Waals surface area contributed by atoms with Crippen LogP contribution in [0.3, 0.4) is 0 Å². The minimum absolute atomic E-state index is 0.0600. The Labute approximate surface area is 168 Å². The number of hydrogen-bond acceptors (Lipinski definition) is 3. The van der Waals surface area contributed by atoms with Crippen LogP contribution in [-0.4, -0.2) is 47.2 Å². The maximum atomic E-state index is 13.6. The molecule has 0 N–H and O–H groups in total. The highest BCUT2D eigenvalue weighted by atomic mass is 16.2. The van der Waals surface area contributed by atoms with Gasteiger partial charge in [0.05, 0.1) is 5.41 Å². The average molecular weight is 385 g/mol. The Bertz CT molecular complexity index is 708. The lowest BCUT2D eigenvalue weighted by molar-refractivity contribution is -0.143. The fourth-order valence-corrected chi connectivity index (χ4v) is 4.78. The molecule has 1 atom stereocenters. The molecule has 1 heterocycles. The maximum absolute atomic E-state index is 13.6. The number of benzene rings is 1.